The van der Waals surface area contributed by atoms with Crippen molar-refractivity contribution in [1.82, 2.24) is 5.32 Å². The fourth-order valence-corrected chi connectivity index (χ4v) is 1.83. The molecule has 0 aromatic heterocycles. The molecule has 5 heteroatoms. The van der Waals surface area contributed by atoms with Gasteiger partial charge in [-0.15, -0.1) is 0 Å². The fraction of sp³-hybridized carbons (Fsp3) is 0.500. The molecule has 0 saturated heterocycles. The molecule has 0 saturated carbocycles. The van der Waals surface area contributed by atoms with E-state index in [1.165, 1.54) is 6.92 Å². The van der Waals surface area contributed by atoms with Crippen LogP contribution in [0.3, 0.4) is 0 Å². The maximum absolute atomic E-state index is 11.9. The molecule has 0 bridgehead atoms. The number of rotatable bonds is 4. The number of aliphatic carboxylic acids is 1. The summed E-state index contributed by atoms with van der Waals surface area (Å²) in [5.74, 6) is -1.14. The van der Waals surface area contributed by atoms with E-state index in [0.29, 0.717) is 5.56 Å². The van der Waals surface area contributed by atoms with Gasteiger partial charge in [-0.1, -0.05) is 31.2 Å². The lowest BCUT2D eigenvalue weighted by atomic mass is 9.91. The Morgan fingerprint density at radius 3 is 2.05 bits per heavy atom. The van der Waals surface area contributed by atoms with Crippen LogP contribution in [0, 0.1) is 0 Å². The van der Waals surface area contributed by atoms with Crippen molar-refractivity contribution in [1.29, 1.82) is 0 Å². The highest BCUT2D eigenvalue weighted by Crippen LogP contribution is 2.23. The molecule has 0 aliphatic rings. The number of amides is 1. The number of hydrogen-bond donors (Lipinski definition) is 2. The first-order valence-corrected chi connectivity index (χ1v) is 6.92. The van der Waals surface area contributed by atoms with Gasteiger partial charge in [-0.3, -0.25) is 0 Å². The molecule has 1 aromatic carbocycles. The number of aryl methyl sites for hydroxylation is 1. The van der Waals surface area contributed by atoms with E-state index in [9.17, 15) is 14.7 Å². The van der Waals surface area contributed by atoms with Crippen molar-refractivity contribution >= 4 is 12.1 Å². The van der Waals surface area contributed by atoms with Crippen molar-refractivity contribution in [2.75, 3.05) is 0 Å². The first kappa shape index (κ1) is 17.0. The van der Waals surface area contributed by atoms with Gasteiger partial charge in [-0.25, -0.2) is 9.59 Å². The number of carbonyl (C=O) groups is 2. The van der Waals surface area contributed by atoms with Crippen LogP contribution in [0.25, 0.3) is 0 Å². The Bertz CT molecular complexity index is 516. The topological polar surface area (TPSA) is 75.6 Å². The molecular formula is C16H23NO4. The Kier molecular flexibility index (Phi) is 4.99. The summed E-state index contributed by atoms with van der Waals surface area (Å²) in [5.41, 5.74) is -0.619. The second kappa shape index (κ2) is 6.16. The van der Waals surface area contributed by atoms with Crippen LogP contribution >= 0.6 is 0 Å². The van der Waals surface area contributed by atoms with Gasteiger partial charge in [-0.2, -0.15) is 0 Å². The molecule has 21 heavy (non-hydrogen) atoms. The van der Waals surface area contributed by atoms with E-state index in [1.54, 1.807) is 32.9 Å². The third-order valence-electron chi connectivity index (χ3n) is 3.12. The Balaban J connectivity index is 3.02. The predicted molar refractivity (Wildman–Crippen MR) is 80.2 cm³/mol. The molecule has 5 nitrogen and oxygen atoms in total. The predicted octanol–water partition coefficient (Wildman–Crippen LogP) is 3.07. The molecule has 1 unspecified atom stereocenters. The Hall–Kier alpha value is -2.04. The summed E-state index contributed by atoms with van der Waals surface area (Å²) in [4.78, 5) is 23.5. The third kappa shape index (κ3) is 4.48. The quantitative estimate of drug-likeness (QED) is 0.894. The van der Waals surface area contributed by atoms with Gasteiger partial charge >= 0.3 is 12.1 Å². The average molecular weight is 293 g/mol. The SMILES string of the molecule is CCc1ccc(C(C)(NC(=O)OC(C)(C)C)C(=O)O)cc1. The maximum atomic E-state index is 11.9. The molecule has 1 rings (SSSR count). The number of alkyl carbamates (subject to hydrolysis) is 1. The smallest absolute Gasteiger partial charge is 0.408 e. The summed E-state index contributed by atoms with van der Waals surface area (Å²) in [6.45, 7) is 8.63. The Morgan fingerprint density at radius 1 is 1.14 bits per heavy atom. The van der Waals surface area contributed by atoms with E-state index in [4.69, 9.17) is 4.74 Å². The van der Waals surface area contributed by atoms with Crippen LogP contribution in [-0.4, -0.2) is 22.8 Å². The van der Waals surface area contributed by atoms with Gasteiger partial charge in [0.05, 0.1) is 0 Å². The van der Waals surface area contributed by atoms with Gasteiger partial charge in [0.15, 0.2) is 5.54 Å². The van der Waals surface area contributed by atoms with Gasteiger partial charge in [0, 0.05) is 0 Å². The number of hydrogen-bond acceptors (Lipinski definition) is 3. The van der Waals surface area contributed by atoms with Crippen molar-refractivity contribution in [2.24, 2.45) is 0 Å². The molecule has 1 amide bonds. The van der Waals surface area contributed by atoms with E-state index in [-0.39, 0.29) is 0 Å². The fourth-order valence-electron chi connectivity index (χ4n) is 1.83. The minimum atomic E-state index is -1.53. The average Bonchev–Trinajstić information content (AvgIpc) is 2.36. The number of carboxylic acids is 1. The highest BCUT2D eigenvalue weighted by atomic mass is 16.6. The maximum Gasteiger partial charge on any atom is 0.408 e. The second-order valence-electron chi connectivity index (χ2n) is 6.11. The highest BCUT2D eigenvalue weighted by molar-refractivity contribution is 5.85. The van der Waals surface area contributed by atoms with Gasteiger partial charge in [0.1, 0.15) is 5.60 Å². The molecule has 0 heterocycles. The molecular weight excluding hydrogens is 270 g/mol. The van der Waals surface area contributed by atoms with Crippen LogP contribution in [0.15, 0.2) is 24.3 Å². The van der Waals surface area contributed by atoms with Crippen molar-refractivity contribution in [2.45, 2.75) is 52.2 Å². The minimum absolute atomic E-state index is 0.498. The van der Waals surface area contributed by atoms with Gasteiger partial charge < -0.3 is 15.2 Å². The zero-order valence-electron chi connectivity index (χ0n) is 13.2. The summed E-state index contributed by atoms with van der Waals surface area (Å²) >= 11 is 0. The number of carboxylic acid groups (broad SMARTS) is 1. The van der Waals surface area contributed by atoms with E-state index < -0.39 is 23.2 Å². The molecule has 0 spiro atoms. The molecule has 0 radical (unpaired) electrons. The molecule has 0 aliphatic heterocycles. The molecule has 0 aliphatic carbocycles. The number of carbonyl (C=O) groups excluding carboxylic acids is 1. The van der Waals surface area contributed by atoms with Crippen molar-refractivity contribution < 1.29 is 19.4 Å². The summed E-state index contributed by atoms with van der Waals surface area (Å²) in [6, 6.07) is 7.13. The van der Waals surface area contributed by atoms with E-state index in [0.717, 1.165) is 12.0 Å². The van der Waals surface area contributed by atoms with Crippen LogP contribution in [-0.2, 0) is 21.5 Å². The van der Waals surface area contributed by atoms with Crippen LogP contribution in [0.4, 0.5) is 4.79 Å². The highest BCUT2D eigenvalue weighted by Gasteiger charge is 2.38. The van der Waals surface area contributed by atoms with Gasteiger partial charge in [0.2, 0.25) is 0 Å². The number of ether oxygens (including phenoxy) is 1. The lowest BCUT2D eigenvalue weighted by molar-refractivity contribution is -0.144. The van der Waals surface area contributed by atoms with E-state index in [1.807, 2.05) is 19.1 Å². The lowest BCUT2D eigenvalue weighted by Crippen LogP contribution is -2.51. The monoisotopic (exact) mass is 293 g/mol. The Morgan fingerprint density at radius 2 is 1.67 bits per heavy atom. The van der Waals surface area contributed by atoms with Crippen LogP contribution in [0.1, 0.15) is 45.7 Å². The van der Waals surface area contributed by atoms with Crippen LogP contribution in [0.5, 0.6) is 0 Å². The van der Waals surface area contributed by atoms with Crippen LogP contribution < -0.4 is 5.32 Å². The molecule has 1 atom stereocenters. The minimum Gasteiger partial charge on any atom is -0.479 e. The van der Waals surface area contributed by atoms with Gasteiger partial charge in [-0.05, 0) is 45.2 Å². The summed E-state index contributed by atoms with van der Waals surface area (Å²) in [5, 5.41) is 11.9. The first-order chi connectivity index (χ1) is 9.58. The normalized spacial score (nSPS) is 14.1. The summed E-state index contributed by atoms with van der Waals surface area (Å²) < 4.78 is 5.14. The molecule has 116 valence electrons. The number of benzene rings is 1. The number of nitrogens with one attached hydrogen (secondary N) is 1. The van der Waals surface area contributed by atoms with Crippen molar-refractivity contribution in [3.63, 3.8) is 0 Å². The summed E-state index contributed by atoms with van der Waals surface area (Å²) in [7, 11) is 0. The standard InChI is InChI=1S/C16H23NO4/c1-6-11-7-9-12(10-8-11)16(5,13(18)19)17-14(20)21-15(2,3)4/h7-10H,6H2,1-5H3,(H,17,20)(H,18,19). The van der Waals surface area contributed by atoms with E-state index in [2.05, 4.69) is 5.32 Å². The molecule has 2 N–H and O–H groups in total. The first-order valence-electron chi connectivity index (χ1n) is 6.92. The van der Waals surface area contributed by atoms with Crippen LogP contribution in [0.2, 0.25) is 0 Å². The van der Waals surface area contributed by atoms with Crippen molar-refractivity contribution in [3.05, 3.63) is 35.4 Å². The molecule has 1 aromatic rings. The summed E-state index contributed by atoms with van der Waals surface area (Å²) in [6.07, 6.45) is 0.107. The van der Waals surface area contributed by atoms with Gasteiger partial charge in [0.25, 0.3) is 0 Å². The zero-order valence-corrected chi connectivity index (χ0v) is 13.2. The third-order valence-corrected chi connectivity index (χ3v) is 3.12. The van der Waals surface area contributed by atoms with E-state index >= 15 is 0 Å². The molecule has 0 fully saturated rings. The Labute approximate surface area is 125 Å². The largest absolute Gasteiger partial charge is 0.479 e. The van der Waals surface area contributed by atoms with Crippen molar-refractivity contribution in [3.8, 4) is 0 Å². The lowest BCUT2D eigenvalue weighted by Gasteiger charge is -2.29. The second-order valence-corrected chi connectivity index (χ2v) is 6.11. The zero-order chi connectivity index (χ0) is 16.3.